The van der Waals surface area contributed by atoms with Crippen LogP contribution in [0.15, 0.2) is 0 Å². The fraction of sp³-hybridized carbons (Fsp3) is 0.769. The average Bonchev–Trinajstić information content (AvgIpc) is 2.43. The van der Waals surface area contributed by atoms with Crippen LogP contribution in [0.3, 0.4) is 0 Å². The molecule has 3 N–H and O–H groups in total. The molecule has 0 heterocycles. The second-order valence-corrected chi connectivity index (χ2v) is 5.07. The molecular weight excluding hydrogens is 279 g/mol. The summed E-state index contributed by atoms with van der Waals surface area (Å²) < 4.78 is 0. The monoisotopic (exact) mass is 304 g/mol. The van der Waals surface area contributed by atoms with Crippen LogP contribution in [0.4, 0.5) is 0 Å². The number of hydrogen-bond donors (Lipinski definition) is 3. The Labute approximate surface area is 122 Å². The largest absolute Gasteiger partial charge is 0.481 e. The number of amides is 1. The van der Waals surface area contributed by atoms with Gasteiger partial charge in [0.15, 0.2) is 0 Å². The molecule has 7 heteroatoms. The van der Waals surface area contributed by atoms with E-state index in [9.17, 15) is 14.4 Å². The second-order valence-electron chi connectivity index (χ2n) is 4.74. The van der Waals surface area contributed by atoms with Gasteiger partial charge in [0.25, 0.3) is 0 Å². The van der Waals surface area contributed by atoms with Crippen LogP contribution in [0.2, 0.25) is 0 Å². The number of unbranched alkanes of at least 4 members (excludes halogenated alkanes) is 1. The molecule has 0 aromatic carbocycles. The van der Waals surface area contributed by atoms with Crippen LogP contribution in [-0.4, -0.2) is 35.9 Å². The SMILES string of the molecule is CC[C@@H](CCC(=O)NCCCCC(C=O)NP)C(=O)O. The minimum Gasteiger partial charge on any atom is -0.481 e. The summed E-state index contributed by atoms with van der Waals surface area (Å²) in [5.74, 6) is -1.40. The molecule has 0 aromatic rings. The van der Waals surface area contributed by atoms with Crippen molar-refractivity contribution >= 4 is 27.6 Å². The van der Waals surface area contributed by atoms with Crippen molar-refractivity contribution in [3.05, 3.63) is 0 Å². The Morgan fingerprint density at radius 2 is 2.00 bits per heavy atom. The van der Waals surface area contributed by atoms with Gasteiger partial charge in [-0.3, -0.25) is 14.7 Å². The lowest BCUT2D eigenvalue weighted by Crippen LogP contribution is -2.26. The first-order chi connectivity index (χ1) is 9.54. The lowest BCUT2D eigenvalue weighted by Gasteiger charge is -2.10. The molecule has 0 aromatic heterocycles. The van der Waals surface area contributed by atoms with Gasteiger partial charge in [-0.2, -0.15) is 0 Å². The number of aldehydes is 1. The van der Waals surface area contributed by atoms with Gasteiger partial charge in [0, 0.05) is 13.0 Å². The van der Waals surface area contributed by atoms with E-state index < -0.39 is 11.9 Å². The molecule has 0 aliphatic heterocycles. The quantitative estimate of drug-likeness (QED) is 0.285. The highest BCUT2D eigenvalue weighted by molar-refractivity contribution is 7.13. The molecule has 2 unspecified atom stereocenters. The van der Waals surface area contributed by atoms with Gasteiger partial charge in [0.2, 0.25) is 5.91 Å². The lowest BCUT2D eigenvalue weighted by molar-refractivity contribution is -0.142. The fourth-order valence-corrected chi connectivity index (χ4v) is 2.05. The predicted octanol–water partition coefficient (Wildman–Crippen LogP) is 1.11. The van der Waals surface area contributed by atoms with Crippen LogP contribution in [0.5, 0.6) is 0 Å². The molecule has 1 amide bonds. The molecular formula is C13H25N2O4P. The van der Waals surface area contributed by atoms with E-state index in [2.05, 4.69) is 19.8 Å². The summed E-state index contributed by atoms with van der Waals surface area (Å²) in [5.41, 5.74) is 0. The summed E-state index contributed by atoms with van der Waals surface area (Å²) in [7, 11) is 2.31. The van der Waals surface area contributed by atoms with Crippen LogP contribution in [-0.2, 0) is 14.4 Å². The zero-order chi connectivity index (χ0) is 15.4. The molecule has 0 spiro atoms. The Morgan fingerprint density at radius 3 is 2.50 bits per heavy atom. The minimum atomic E-state index is -0.842. The first-order valence-corrected chi connectivity index (χ1v) is 7.53. The van der Waals surface area contributed by atoms with Crippen molar-refractivity contribution in [3.8, 4) is 0 Å². The van der Waals surface area contributed by atoms with Gasteiger partial charge < -0.3 is 15.2 Å². The highest BCUT2D eigenvalue weighted by atomic mass is 31.0. The maximum absolute atomic E-state index is 11.5. The van der Waals surface area contributed by atoms with Crippen LogP contribution < -0.4 is 10.4 Å². The first-order valence-electron chi connectivity index (χ1n) is 6.96. The predicted molar refractivity (Wildman–Crippen MR) is 80.2 cm³/mol. The zero-order valence-electron chi connectivity index (χ0n) is 11.9. The molecule has 0 saturated heterocycles. The fourth-order valence-electron chi connectivity index (χ4n) is 1.80. The number of hydrogen-bond acceptors (Lipinski definition) is 4. The maximum atomic E-state index is 11.5. The number of carboxylic acid groups (broad SMARTS) is 1. The van der Waals surface area contributed by atoms with Crippen molar-refractivity contribution in [2.75, 3.05) is 6.54 Å². The molecule has 0 bridgehead atoms. The zero-order valence-corrected chi connectivity index (χ0v) is 13.1. The third-order valence-electron chi connectivity index (χ3n) is 3.20. The highest BCUT2D eigenvalue weighted by Crippen LogP contribution is 2.10. The number of aliphatic carboxylic acids is 1. The Kier molecular flexibility index (Phi) is 11.2. The van der Waals surface area contributed by atoms with E-state index in [4.69, 9.17) is 5.11 Å². The molecule has 0 aliphatic rings. The molecule has 0 fully saturated rings. The smallest absolute Gasteiger partial charge is 0.306 e. The van der Waals surface area contributed by atoms with Gasteiger partial charge in [-0.1, -0.05) is 16.3 Å². The van der Waals surface area contributed by atoms with Crippen LogP contribution in [0.25, 0.3) is 0 Å². The van der Waals surface area contributed by atoms with Gasteiger partial charge >= 0.3 is 5.97 Å². The molecule has 116 valence electrons. The summed E-state index contributed by atoms with van der Waals surface area (Å²) in [5, 5.41) is 14.4. The van der Waals surface area contributed by atoms with Gasteiger partial charge in [0.05, 0.1) is 12.0 Å². The van der Waals surface area contributed by atoms with Gasteiger partial charge in [-0.25, -0.2) is 0 Å². The van der Waals surface area contributed by atoms with Crippen LogP contribution in [0, 0.1) is 5.92 Å². The summed E-state index contributed by atoms with van der Waals surface area (Å²) in [6.45, 7) is 2.37. The van der Waals surface area contributed by atoms with Gasteiger partial charge in [0.1, 0.15) is 6.29 Å². The van der Waals surface area contributed by atoms with Crippen molar-refractivity contribution in [1.82, 2.24) is 10.4 Å². The molecule has 3 atom stereocenters. The van der Waals surface area contributed by atoms with E-state index >= 15 is 0 Å². The van der Waals surface area contributed by atoms with E-state index in [1.165, 1.54) is 0 Å². The third kappa shape index (κ3) is 8.99. The molecule has 6 nitrogen and oxygen atoms in total. The molecule has 0 radical (unpaired) electrons. The average molecular weight is 304 g/mol. The van der Waals surface area contributed by atoms with Gasteiger partial charge in [-0.15, -0.1) is 0 Å². The third-order valence-corrected chi connectivity index (χ3v) is 3.63. The standard InChI is InChI=1S/C13H25N2O4P/c1-2-10(13(18)19)6-7-12(17)14-8-4-3-5-11(9-16)15-20/h9-11,15H,2-8,20H2,1H3,(H,14,17)(H,18,19)/t10-,11?/m0/s1. The van der Waals surface area contributed by atoms with Crippen molar-refractivity contribution in [1.29, 1.82) is 0 Å². The number of rotatable bonds is 12. The summed E-state index contributed by atoms with van der Waals surface area (Å²) >= 11 is 0. The summed E-state index contributed by atoms with van der Waals surface area (Å²) in [4.78, 5) is 32.9. The molecule has 0 rings (SSSR count). The van der Waals surface area contributed by atoms with E-state index in [1.807, 2.05) is 0 Å². The van der Waals surface area contributed by atoms with E-state index in [1.54, 1.807) is 6.92 Å². The maximum Gasteiger partial charge on any atom is 0.306 e. The lowest BCUT2D eigenvalue weighted by atomic mass is 10.0. The normalized spacial score (nSPS) is 13.5. The Hall–Kier alpha value is -1.00. The number of carbonyl (C=O) groups is 3. The number of carboxylic acids is 1. The van der Waals surface area contributed by atoms with E-state index in [0.717, 1.165) is 25.5 Å². The number of carbonyl (C=O) groups excluding carboxylic acids is 2. The Morgan fingerprint density at radius 1 is 1.30 bits per heavy atom. The van der Waals surface area contributed by atoms with Crippen molar-refractivity contribution in [2.45, 2.75) is 51.5 Å². The van der Waals surface area contributed by atoms with E-state index in [-0.39, 0.29) is 18.4 Å². The minimum absolute atomic E-state index is 0.110. The first kappa shape index (κ1) is 19.0. The Bertz CT molecular complexity index is 313. The van der Waals surface area contributed by atoms with Crippen molar-refractivity contribution < 1.29 is 19.5 Å². The van der Waals surface area contributed by atoms with Crippen LogP contribution in [0.1, 0.15) is 45.4 Å². The summed E-state index contributed by atoms with van der Waals surface area (Å²) in [6, 6.07) is -0.156. The van der Waals surface area contributed by atoms with Crippen LogP contribution >= 0.6 is 9.39 Å². The van der Waals surface area contributed by atoms with Crippen molar-refractivity contribution in [3.63, 3.8) is 0 Å². The summed E-state index contributed by atoms with van der Waals surface area (Å²) in [6.07, 6.45) is 4.41. The van der Waals surface area contributed by atoms with E-state index in [0.29, 0.717) is 19.4 Å². The topological polar surface area (TPSA) is 95.5 Å². The Balaban J connectivity index is 3.63. The van der Waals surface area contributed by atoms with Gasteiger partial charge in [-0.05, 0) is 32.1 Å². The molecule has 0 aliphatic carbocycles. The molecule has 20 heavy (non-hydrogen) atoms. The van der Waals surface area contributed by atoms with Crippen molar-refractivity contribution in [2.24, 2.45) is 5.92 Å². The second kappa shape index (κ2) is 11.8. The highest BCUT2D eigenvalue weighted by Gasteiger charge is 2.16. The number of nitrogens with one attached hydrogen (secondary N) is 2. The molecule has 0 saturated carbocycles.